The fourth-order valence-electron chi connectivity index (χ4n) is 1.38. The Labute approximate surface area is 81.8 Å². The van der Waals surface area contributed by atoms with E-state index < -0.39 is 6.09 Å². The molecule has 1 aromatic carbocycles. The summed E-state index contributed by atoms with van der Waals surface area (Å²) in [6.45, 7) is 0.707. The molecule has 0 bridgehead atoms. The van der Waals surface area contributed by atoms with Crippen LogP contribution in [0.1, 0.15) is 5.56 Å². The molecule has 0 radical (unpaired) electrons. The molecule has 0 saturated carbocycles. The Balaban J connectivity index is 2.16. The van der Waals surface area contributed by atoms with E-state index in [0.717, 1.165) is 17.7 Å². The summed E-state index contributed by atoms with van der Waals surface area (Å²) in [6, 6.07) is 5.37. The third-order valence-corrected chi connectivity index (χ3v) is 2.08. The number of ether oxygens (including phenoxy) is 2. The summed E-state index contributed by atoms with van der Waals surface area (Å²) < 4.78 is 10.3. The van der Waals surface area contributed by atoms with Gasteiger partial charge in [0.25, 0.3) is 0 Å². The molecule has 0 unspecified atom stereocenters. The van der Waals surface area contributed by atoms with E-state index in [2.05, 4.69) is 5.32 Å². The first kappa shape index (κ1) is 8.87. The highest BCUT2D eigenvalue weighted by Crippen LogP contribution is 2.28. The van der Waals surface area contributed by atoms with Crippen LogP contribution >= 0.6 is 0 Å². The smallest absolute Gasteiger partial charge is 0.412 e. The molecule has 4 nitrogen and oxygen atoms in total. The molecule has 1 aliphatic rings. The molecule has 2 rings (SSSR count). The van der Waals surface area contributed by atoms with Gasteiger partial charge in [0, 0.05) is 19.0 Å². The molecule has 1 amide bonds. The summed E-state index contributed by atoms with van der Waals surface area (Å²) in [5.74, 6) is 1.43. The summed E-state index contributed by atoms with van der Waals surface area (Å²) >= 11 is 0. The van der Waals surface area contributed by atoms with Crippen molar-refractivity contribution in [2.75, 3.05) is 13.7 Å². The van der Waals surface area contributed by atoms with Crippen LogP contribution in [0.15, 0.2) is 18.2 Å². The Hall–Kier alpha value is -1.71. The lowest BCUT2D eigenvalue weighted by Gasteiger charge is -2.04. The molecule has 0 fully saturated rings. The van der Waals surface area contributed by atoms with E-state index in [1.54, 1.807) is 6.07 Å². The summed E-state index contributed by atoms with van der Waals surface area (Å²) in [7, 11) is 1.53. The van der Waals surface area contributed by atoms with Crippen LogP contribution in [-0.4, -0.2) is 19.7 Å². The van der Waals surface area contributed by atoms with Crippen molar-refractivity contribution in [3.63, 3.8) is 0 Å². The van der Waals surface area contributed by atoms with Crippen molar-refractivity contribution in [1.29, 1.82) is 0 Å². The fourth-order valence-corrected chi connectivity index (χ4v) is 1.38. The Kier molecular flexibility index (Phi) is 2.26. The maximum Gasteiger partial charge on any atom is 0.412 e. The molecule has 74 valence electrons. The normalized spacial score (nSPS) is 12.9. The SMILES string of the molecule is CNC(=O)Oc1ccc2c(c1)CCO2. The minimum absolute atomic E-state index is 0.455. The van der Waals surface area contributed by atoms with Gasteiger partial charge in [-0.2, -0.15) is 0 Å². The quantitative estimate of drug-likeness (QED) is 0.732. The van der Waals surface area contributed by atoms with E-state index >= 15 is 0 Å². The number of hydrogen-bond acceptors (Lipinski definition) is 3. The molecule has 0 saturated heterocycles. The zero-order chi connectivity index (χ0) is 9.97. The number of benzene rings is 1. The molecule has 1 aliphatic heterocycles. The molecule has 0 atom stereocenters. The lowest BCUT2D eigenvalue weighted by Crippen LogP contribution is -2.21. The number of fused-ring (bicyclic) bond motifs is 1. The van der Waals surface area contributed by atoms with Gasteiger partial charge in [0.1, 0.15) is 11.5 Å². The lowest BCUT2D eigenvalue weighted by molar-refractivity contribution is 0.203. The number of amides is 1. The first-order valence-corrected chi connectivity index (χ1v) is 4.45. The summed E-state index contributed by atoms with van der Waals surface area (Å²) in [4.78, 5) is 10.9. The van der Waals surface area contributed by atoms with Gasteiger partial charge in [-0.25, -0.2) is 4.79 Å². The first-order chi connectivity index (χ1) is 6.79. The lowest BCUT2D eigenvalue weighted by atomic mass is 10.2. The highest BCUT2D eigenvalue weighted by Gasteiger charge is 2.13. The van der Waals surface area contributed by atoms with Crippen LogP contribution < -0.4 is 14.8 Å². The van der Waals surface area contributed by atoms with Crippen LogP contribution in [0, 0.1) is 0 Å². The second-order valence-electron chi connectivity index (χ2n) is 3.01. The fraction of sp³-hybridized carbons (Fsp3) is 0.300. The first-order valence-electron chi connectivity index (χ1n) is 4.45. The van der Waals surface area contributed by atoms with Crippen molar-refractivity contribution in [3.05, 3.63) is 23.8 Å². The van der Waals surface area contributed by atoms with Gasteiger partial charge in [-0.1, -0.05) is 0 Å². The van der Waals surface area contributed by atoms with E-state index in [-0.39, 0.29) is 0 Å². The summed E-state index contributed by atoms with van der Waals surface area (Å²) in [6.07, 6.45) is 0.421. The molecular formula is C10H11NO3. The molecule has 0 aromatic heterocycles. The van der Waals surface area contributed by atoms with Crippen molar-refractivity contribution >= 4 is 6.09 Å². The maximum atomic E-state index is 10.9. The van der Waals surface area contributed by atoms with E-state index in [0.29, 0.717) is 12.4 Å². The third kappa shape index (κ3) is 1.64. The summed E-state index contributed by atoms with van der Waals surface area (Å²) in [5, 5.41) is 2.39. The average molecular weight is 193 g/mol. The van der Waals surface area contributed by atoms with Crippen molar-refractivity contribution in [2.24, 2.45) is 0 Å². The van der Waals surface area contributed by atoms with Crippen LogP contribution in [0.3, 0.4) is 0 Å². The minimum Gasteiger partial charge on any atom is -0.493 e. The number of carbonyl (C=O) groups excluding carboxylic acids is 1. The maximum absolute atomic E-state index is 10.9. The number of carbonyl (C=O) groups is 1. The number of rotatable bonds is 1. The number of hydrogen-bond donors (Lipinski definition) is 1. The van der Waals surface area contributed by atoms with Crippen LogP contribution in [-0.2, 0) is 6.42 Å². The Morgan fingerprint density at radius 1 is 1.57 bits per heavy atom. The van der Waals surface area contributed by atoms with Gasteiger partial charge in [-0.05, 0) is 18.2 Å². The minimum atomic E-state index is -0.455. The van der Waals surface area contributed by atoms with Crippen LogP contribution in [0.4, 0.5) is 4.79 Å². The van der Waals surface area contributed by atoms with Crippen molar-refractivity contribution in [1.82, 2.24) is 5.32 Å². The highest BCUT2D eigenvalue weighted by atomic mass is 16.6. The second kappa shape index (κ2) is 3.57. The van der Waals surface area contributed by atoms with Gasteiger partial charge in [0.2, 0.25) is 0 Å². The standard InChI is InChI=1S/C10H11NO3/c1-11-10(12)14-8-2-3-9-7(6-8)4-5-13-9/h2-3,6H,4-5H2,1H3,(H,11,12). The largest absolute Gasteiger partial charge is 0.493 e. The second-order valence-corrected chi connectivity index (χ2v) is 3.01. The average Bonchev–Trinajstić information content (AvgIpc) is 2.64. The van der Waals surface area contributed by atoms with Crippen LogP contribution in [0.25, 0.3) is 0 Å². The molecule has 0 spiro atoms. The zero-order valence-corrected chi connectivity index (χ0v) is 7.87. The third-order valence-electron chi connectivity index (χ3n) is 2.08. The van der Waals surface area contributed by atoms with Crippen molar-refractivity contribution in [3.8, 4) is 11.5 Å². The molecule has 14 heavy (non-hydrogen) atoms. The van der Waals surface area contributed by atoms with Gasteiger partial charge in [0.15, 0.2) is 0 Å². The monoisotopic (exact) mass is 193 g/mol. The highest BCUT2D eigenvalue weighted by molar-refractivity contribution is 5.70. The van der Waals surface area contributed by atoms with Gasteiger partial charge in [0.05, 0.1) is 6.61 Å². The van der Waals surface area contributed by atoms with Crippen molar-refractivity contribution < 1.29 is 14.3 Å². The topological polar surface area (TPSA) is 47.6 Å². The van der Waals surface area contributed by atoms with Gasteiger partial charge in [-0.15, -0.1) is 0 Å². The molecule has 1 N–H and O–H groups in total. The van der Waals surface area contributed by atoms with Gasteiger partial charge < -0.3 is 14.8 Å². The van der Waals surface area contributed by atoms with Crippen molar-refractivity contribution in [2.45, 2.75) is 6.42 Å². The van der Waals surface area contributed by atoms with E-state index in [1.165, 1.54) is 7.05 Å². The van der Waals surface area contributed by atoms with Gasteiger partial charge in [-0.3, -0.25) is 0 Å². The molecule has 0 aliphatic carbocycles. The van der Waals surface area contributed by atoms with E-state index in [9.17, 15) is 4.79 Å². The predicted molar refractivity (Wildman–Crippen MR) is 50.7 cm³/mol. The predicted octanol–water partition coefficient (Wildman–Crippen LogP) is 1.34. The molecule has 4 heteroatoms. The summed E-state index contributed by atoms with van der Waals surface area (Å²) in [5.41, 5.74) is 1.09. The van der Waals surface area contributed by atoms with Crippen LogP contribution in [0.5, 0.6) is 11.5 Å². The Morgan fingerprint density at radius 3 is 3.21 bits per heavy atom. The van der Waals surface area contributed by atoms with Gasteiger partial charge >= 0.3 is 6.09 Å². The number of nitrogens with one attached hydrogen (secondary N) is 1. The molecular weight excluding hydrogens is 182 g/mol. The Morgan fingerprint density at radius 2 is 2.43 bits per heavy atom. The molecule has 1 heterocycles. The zero-order valence-electron chi connectivity index (χ0n) is 7.87. The Bertz CT molecular complexity index is 362. The van der Waals surface area contributed by atoms with E-state index in [1.807, 2.05) is 12.1 Å². The van der Waals surface area contributed by atoms with Crippen LogP contribution in [0.2, 0.25) is 0 Å². The van der Waals surface area contributed by atoms with E-state index in [4.69, 9.17) is 9.47 Å². The molecule has 1 aromatic rings.